The second-order valence-corrected chi connectivity index (χ2v) is 26.8. The molecule has 5 heterocycles. The molecule has 104 heavy (non-hydrogen) atoms. The standard InChI is InChI=1S/C33H27N3O2.C28H24FN3O2.C26H25ClN2O3/c1-22-21-25-19-20-36(30-14-8-7-13-29(30)31(25)34-22)33(38)24-15-17-26(18-16-24)35-32(37)28-12-6-5-11-27(28)23-9-3-2-4-10-23;1-18-9-10-21(29)15-25(18)27(33)30-22-11-12-24(19(2)14-22)28(34)32-17-23-7-5-13-31(23)16-20-6-3-4-8-26(20)32;1-16-6-3-4-7-20(16)25(31)28-19-10-11-21(17(2)14-19)26(32)29-13-5-8-24(30)22-15-18(27)9-12-23(22)29/h2-18H,19-21H2,1H3,(H,35,37);3-15H,16-17H2,1-2H3,(H,30,33);3-4,6-7,9-12,14-15,24,30H,5,8,13H2,1-2H3,(H,28,31)/t;;24-/m..1/s1. The molecule has 0 spiro atoms. The average Bonchev–Trinajstić information content (AvgIpc) is 1.62. The molecule has 1 atom stereocenters. The number of nitrogens with zero attached hydrogens (tertiary/aromatic N) is 5. The monoisotopic (exact) mass is 1400 g/mol. The number of hydrogen-bond acceptors (Lipinski definition) is 8. The van der Waals surface area contributed by atoms with Crippen LogP contribution in [0.25, 0.3) is 16.8 Å². The van der Waals surface area contributed by atoms with Gasteiger partial charge in [-0.05, 0) is 226 Å². The minimum Gasteiger partial charge on any atom is -0.388 e. The second-order valence-electron chi connectivity index (χ2n) is 26.4. The number of aromatic nitrogens is 1. The molecule has 0 saturated heterocycles. The highest BCUT2D eigenvalue weighted by Crippen LogP contribution is 2.41. The molecule has 17 heteroatoms. The Kier molecular flexibility index (Phi) is 21.0. The van der Waals surface area contributed by atoms with Crippen molar-refractivity contribution < 1.29 is 38.3 Å². The van der Waals surface area contributed by atoms with E-state index in [1.807, 2.05) is 170 Å². The fraction of sp³-hybridized carbons (Fsp3) is 0.161. The summed E-state index contributed by atoms with van der Waals surface area (Å²) in [6.45, 7) is 11.7. The summed E-state index contributed by atoms with van der Waals surface area (Å²) in [5.74, 6) is -1.54. The van der Waals surface area contributed by atoms with Crippen LogP contribution in [0.1, 0.15) is 145 Å². The van der Waals surface area contributed by atoms with Crippen LogP contribution < -0.4 is 30.7 Å². The zero-order valence-electron chi connectivity index (χ0n) is 58.2. The number of carbonyl (C=O) groups is 6. The molecule has 520 valence electrons. The van der Waals surface area contributed by atoms with E-state index in [4.69, 9.17) is 16.6 Å². The van der Waals surface area contributed by atoms with Crippen LogP contribution in [0.15, 0.2) is 253 Å². The first-order valence-corrected chi connectivity index (χ1v) is 34.9. The average molecular weight is 1400 g/mol. The van der Waals surface area contributed by atoms with Crippen LogP contribution in [-0.2, 0) is 13.1 Å². The molecule has 4 aliphatic rings. The molecular formula is C87H76ClFN8O7. The van der Waals surface area contributed by atoms with Gasteiger partial charge in [0.15, 0.2) is 0 Å². The quantitative estimate of drug-likeness (QED) is 0.105. The van der Waals surface area contributed by atoms with Crippen LogP contribution in [0.2, 0.25) is 5.02 Å². The zero-order valence-corrected chi connectivity index (χ0v) is 59.0. The van der Waals surface area contributed by atoms with Crippen LogP contribution in [0, 0.1) is 33.5 Å². The van der Waals surface area contributed by atoms with E-state index in [1.165, 1.54) is 17.7 Å². The number of hydrogen-bond donors (Lipinski definition) is 4. The number of aliphatic hydroxyl groups is 1. The van der Waals surface area contributed by atoms with E-state index in [9.17, 15) is 38.3 Å². The number of benzene rings is 10. The van der Waals surface area contributed by atoms with Crippen molar-refractivity contribution in [1.29, 1.82) is 0 Å². The molecule has 0 bridgehead atoms. The lowest BCUT2D eigenvalue weighted by Gasteiger charge is -2.24. The summed E-state index contributed by atoms with van der Waals surface area (Å²) in [5, 5.41) is 19.7. The Bertz CT molecular complexity index is 5240. The maximum Gasteiger partial charge on any atom is 0.258 e. The van der Waals surface area contributed by atoms with Crippen molar-refractivity contribution in [2.24, 2.45) is 4.99 Å². The Labute approximate surface area is 608 Å². The molecule has 0 saturated carbocycles. The number of para-hydroxylation sites is 2. The molecule has 1 aromatic heterocycles. The van der Waals surface area contributed by atoms with Crippen molar-refractivity contribution in [2.75, 3.05) is 43.7 Å². The maximum atomic E-state index is 13.7. The third-order valence-corrected chi connectivity index (χ3v) is 19.4. The number of anilines is 6. The molecule has 6 amide bonds. The number of aliphatic hydroxyl groups excluding tert-OH is 1. The lowest BCUT2D eigenvalue weighted by atomic mass is 9.99. The van der Waals surface area contributed by atoms with Crippen molar-refractivity contribution >= 4 is 92.6 Å². The van der Waals surface area contributed by atoms with Gasteiger partial charge in [-0.1, -0.05) is 121 Å². The topological polar surface area (TPSA) is 186 Å². The summed E-state index contributed by atoms with van der Waals surface area (Å²) < 4.78 is 15.8. The largest absolute Gasteiger partial charge is 0.388 e. The van der Waals surface area contributed by atoms with Crippen LogP contribution in [-0.4, -0.2) is 63.9 Å². The highest BCUT2D eigenvalue weighted by atomic mass is 35.5. The van der Waals surface area contributed by atoms with Gasteiger partial charge < -0.3 is 40.3 Å². The number of nitrogens with one attached hydrogen (secondary N) is 3. The van der Waals surface area contributed by atoms with E-state index in [1.54, 1.807) is 103 Å². The van der Waals surface area contributed by atoms with Gasteiger partial charge in [0, 0.05) is 122 Å². The van der Waals surface area contributed by atoms with Gasteiger partial charge in [-0.2, -0.15) is 0 Å². The van der Waals surface area contributed by atoms with Gasteiger partial charge in [0.1, 0.15) is 5.82 Å². The van der Waals surface area contributed by atoms with Gasteiger partial charge in [-0.15, -0.1) is 0 Å². The Hall–Kier alpha value is -12.1. The summed E-state index contributed by atoms with van der Waals surface area (Å²) in [5.41, 5.74) is 19.7. The van der Waals surface area contributed by atoms with Crippen LogP contribution in [0.5, 0.6) is 0 Å². The molecule has 0 aliphatic carbocycles. The molecule has 15 nitrogen and oxygen atoms in total. The molecular weight excluding hydrogens is 1320 g/mol. The molecule has 11 aromatic rings. The highest BCUT2D eigenvalue weighted by Gasteiger charge is 2.32. The van der Waals surface area contributed by atoms with Crippen LogP contribution in [0.4, 0.5) is 38.5 Å². The summed E-state index contributed by atoms with van der Waals surface area (Å²) in [6, 6.07) is 71.8. The van der Waals surface area contributed by atoms with Gasteiger partial charge >= 0.3 is 0 Å². The lowest BCUT2D eigenvalue weighted by Crippen LogP contribution is -2.32. The Morgan fingerprint density at radius 2 is 1.07 bits per heavy atom. The third kappa shape index (κ3) is 15.4. The Morgan fingerprint density at radius 1 is 0.481 bits per heavy atom. The maximum absolute atomic E-state index is 13.7. The molecule has 4 aliphatic heterocycles. The predicted octanol–water partition coefficient (Wildman–Crippen LogP) is 18.6. The smallest absolute Gasteiger partial charge is 0.258 e. The normalized spacial score (nSPS) is 14.1. The molecule has 10 aromatic carbocycles. The molecule has 0 fully saturated rings. The van der Waals surface area contributed by atoms with E-state index in [0.29, 0.717) is 106 Å². The van der Waals surface area contributed by atoms with Gasteiger partial charge in [0.2, 0.25) is 0 Å². The van der Waals surface area contributed by atoms with Crippen LogP contribution >= 0.6 is 11.6 Å². The molecule has 4 N–H and O–H groups in total. The fourth-order valence-corrected chi connectivity index (χ4v) is 14.0. The Balaban J connectivity index is 0.000000139. The minimum absolute atomic E-state index is 0.0633. The molecule has 15 rings (SSSR count). The number of rotatable bonds is 10. The van der Waals surface area contributed by atoms with Crippen LogP contribution in [0.3, 0.4) is 0 Å². The molecule has 0 unspecified atom stereocenters. The van der Waals surface area contributed by atoms with E-state index >= 15 is 0 Å². The van der Waals surface area contributed by atoms with Crippen molar-refractivity contribution in [3.8, 4) is 11.1 Å². The summed E-state index contributed by atoms with van der Waals surface area (Å²) >= 11 is 6.13. The highest BCUT2D eigenvalue weighted by molar-refractivity contribution is 6.30. The SMILES string of the molecule is CC1=NC2=C(CCN(C(=O)c3ccc(NC(=O)c4ccccc4-c4ccccc4)cc3)c3ccccc32)C1.Cc1ccc(F)cc1C(=O)Nc1ccc(C(=O)N2Cc3cccn3Cc3ccccc32)c(C)c1.Cc1ccccc1C(=O)Nc1ccc(C(=O)N2CCC[C@@H](O)c3cc(Cl)ccc32)c(C)c1. The summed E-state index contributed by atoms with van der Waals surface area (Å²) in [7, 11) is 0. The Morgan fingerprint density at radius 3 is 1.78 bits per heavy atom. The van der Waals surface area contributed by atoms with E-state index in [2.05, 4.69) is 27.4 Å². The van der Waals surface area contributed by atoms with E-state index in [0.717, 1.165) is 80.3 Å². The van der Waals surface area contributed by atoms with Crippen molar-refractivity contribution in [2.45, 2.75) is 79.5 Å². The van der Waals surface area contributed by atoms with Gasteiger partial charge in [-0.3, -0.25) is 33.8 Å². The first-order valence-electron chi connectivity index (χ1n) is 34.6. The first kappa shape index (κ1) is 70.3. The number of aliphatic imine (C=N–C) groups is 1. The van der Waals surface area contributed by atoms with E-state index < -0.39 is 17.8 Å². The summed E-state index contributed by atoms with van der Waals surface area (Å²) in [6.07, 6.45) is 4.30. The molecule has 0 radical (unpaired) electrons. The van der Waals surface area contributed by atoms with Gasteiger partial charge in [-0.25, -0.2) is 4.39 Å². The second kappa shape index (κ2) is 31.0. The number of fused-ring (bicyclic) bond motifs is 5. The lowest BCUT2D eigenvalue weighted by molar-refractivity contribution is 0.0977. The zero-order chi connectivity index (χ0) is 72.7. The number of halogens is 2. The van der Waals surface area contributed by atoms with Crippen molar-refractivity contribution in [3.05, 3.63) is 337 Å². The van der Waals surface area contributed by atoms with Crippen molar-refractivity contribution in [3.63, 3.8) is 0 Å². The predicted molar refractivity (Wildman–Crippen MR) is 412 cm³/mol. The van der Waals surface area contributed by atoms with Gasteiger partial charge in [0.05, 0.1) is 24.0 Å². The summed E-state index contributed by atoms with van der Waals surface area (Å²) in [4.78, 5) is 89.4. The van der Waals surface area contributed by atoms with Crippen molar-refractivity contribution in [1.82, 2.24) is 4.57 Å². The fourth-order valence-electron chi connectivity index (χ4n) is 13.8. The number of carbonyl (C=O) groups excluding carboxylic acids is 6. The minimum atomic E-state index is -0.651. The van der Waals surface area contributed by atoms with E-state index in [-0.39, 0.29) is 35.1 Å². The number of amides is 6. The number of aryl methyl sites for hydroxylation is 4. The third-order valence-electron chi connectivity index (χ3n) is 19.2. The first-order chi connectivity index (χ1) is 50.3. The van der Waals surface area contributed by atoms with Gasteiger partial charge in [0.25, 0.3) is 35.4 Å².